The van der Waals surface area contributed by atoms with Gasteiger partial charge in [-0.3, -0.25) is 4.79 Å². The number of benzene rings is 3. The predicted octanol–water partition coefficient (Wildman–Crippen LogP) is 5.54. The van der Waals surface area contributed by atoms with Gasteiger partial charge in [0.1, 0.15) is 0 Å². The second-order valence-electron chi connectivity index (χ2n) is 9.24. The fraction of sp³-hybridized carbons (Fsp3) is 0.323. The van der Waals surface area contributed by atoms with E-state index in [9.17, 15) is 4.79 Å². The number of aromatic nitrogens is 2. The first kappa shape index (κ1) is 29.3. The van der Waals surface area contributed by atoms with Crippen LogP contribution in [0.5, 0.6) is 34.5 Å². The van der Waals surface area contributed by atoms with Crippen LogP contribution in [0.2, 0.25) is 0 Å². The van der Waals surface area contributed by atoms with Gasteiger partial charge < -0.3 is 33.7 Å². The lowest BCUT2D eigenvalue weighted by Crippen LogP contribution is -2.31. The van der Waals surface area contributed by atoms with Gasteiger partial charge in [0.15, 0.2) is 23.0 Å². The van der Waals surface area contributed by atoms with Gasteiger partial charge in [-0.2, -0.15) is 0 Å². The maximum Gasteiger partial charge on any atom is 0.251 e. The molecule has 1 heterocycles. The molecule has 0 aliphatic carbocycles. The van der Waals surface area contributed by atoms with Gasteiger partial charge in [0, 0.05) is 22.7 Å². The van der Waals surface area contributed by atoms with E-state index in [1.807, 2.05) is 26.0 Å². The highest BCUT2D eigenvalue weighted by Gasteiger charge is 2.22. The summed E-state index contributed by atoms with van der Waals surface area (Å²) in [6.07, 6.45) is 0.822. The topological polar surface area (TPSA) is 110 Å². The predicted molar refractivity (Wildman–Crippen MR) is 157 cm³/mol. The van der Waals surface area contributed by atoms with Crippen LogP contribution >= 0.6 is 0 Å². The molecule has 1 amide bonds. The molecule has 1 unspecified atom stereocenters. The zero-order valence-electron chi connectivity index (χ0n) is 24.6. The highest BCUT2D eigenvalue weighted by atomic mass is 16.5. The van der Waals surface area contributed by atoms with E-state index in [-0.39, 0.29) is 11.9 Å². The van der Waals surface area contributed by atoms with Gasteiger partial charge in [-0.15, -0.1) is 0 Å². The molecule has 10 nitrogen and oxygen atoms in total. The van der Waals surface area contributed by atoms with E-state index in [0.29, 0.717) is 73.6 Å². The van der Waals surface area contributed by atoms with Gasteiger partial charge in [0.2, 0.25) is 11.5 Å². The smallest absolute Gasteiger partial charge is 0.251 e. The van der Waals surface area contributed by atoms with Crippen molar-refractivity contribution in [1.29, 1.82) is 0 Å². The number of hydrogen-bond donors (Lipinski definition) is 1. The zero-order chi connectivity index (χ0) is 29.7. The second-order valence-corrected chi connectivity index (χ2v) is 9.24. The number of nitrogens with one attached hydrogen (secondary N) is 1. The van der Waals surface area contributed by atoms with Crippen molar-refractivity contribution in [2.24, 2.45) is 0 Å². The zero-order valence-corrected chi connectivity index (χ0v) is 24.6. The maximum atomic E-state index is 12.9. The first-order valence-corrected chi connectivity index (χ1v) is 13.1. The molecule has 0 spiro atoms. The summed E-state index contributed by atoms with van der Waals surface area (Å²) in [6.45, 7) is 3.98. The molecule has 0 fully saturated rings. The minimum atomic E-state index is -0.175. The largest absolute Gasteiger partial charge is 0.493 e. The minimum absolute atomic E-state index is 0.0430. The van der Waals surface area contributed by atoms with Crippen molar-refractivity contribution in [3.63, 3.8) is 0 Å². The number of carbonyl (C=O) groups is 1. The van der Waals surface area contributed by atoms with Crippen LogP contribution in [0, 0.1) is 0 Å². The SMILES string of the molecule is CCC(C)NC(=O)c1ccc2nc(-c3cc(OC)c(OC)c(OC)c3)c(-c3cc(OC)c(OC)c(OC)c3)nc2c1. The number of ether oxygens (including phenoxy) is 6. The molecule has 0 saturated heterocycles. The van der Waals surface area contributed by atoms with Crippen LogP contribution in [0.1, 0.15) is 30.6 Å². The van der Waals surface area contributed by atoms with E-state index in [2.05, 4.69) is 5.32 Å². The van der Waals surface area contributed by atoms with E-state index < -0.39 is 0 Å². The standard InChI is InChI=1S/C31H35N3O7/c1-9-17(2)32-31(35)18-10-11-21-22(12-18)34-28(20-15-25(38-5)30(41-8)26(16-20)39-6)27(33-21)19-13-23(36-3)29(40-7)24(14-19)37-4/h10-17H,9H2,1-8H3,(H,32,35). The number of carbonyl (C=O) groups excluding carboxylic acids is 1. The van der Waals surface area contributed by atoms with Crippen molar-refractivity contribution in [3.05, 3.63) is 48.0 Å². The third-order valence-corrected chi connectivity index (χ3v) is 6.79. The Labute approximate surface area is 239 Å². The Balaban J connectivity index is 2.03. The van der Waals surface area contributed by atoms with Crippen LogP contribution in [0.25, 0.3) is 33.5 Å². The molecule has 0 aliphatic heterocycles. The van der Waals surface area contributed by atoms with Crippen LogP contribution in [0.15, 0.2) is 42.5 Å². The van der Waals surface area contributed by atoms with E-state index >= 15 is 0 Å². The number of nitrogens with zero attached hydrogens (tertiary/aromatic N) is 2. The molecule has 1 atom stereocenters. The van der Waals surface area contributed by atoms with Crippen LogP contribution < -0.4 is 33.7 Å². The van der Waals surface area contributed by atoms with Crippen molar-refractivity contribution in [3.8, 4) is 57.0 Å². The summed E-state index contributed by atoms with van der Waals surface area (Å²) in [5.74, 6) is 2.59. The van der Waals surface area contributed by atoms with Crippen LogP contribution in [0.3, 0.4) is 0 Å². The molecule has 0 aliphatic rings. The van der Waals surface area contributed by atoms with E-state index in [0.717, 1.165) is 6.42 Å². The molecule has 1 aromatic heterocycles. The third kappa shape index (κ3) is 5.77. The fourth-order valence-electron chi connectivity index (χ4n) is 4.44. The molecule has 41 heavy (non-hydrogen) atoms. The summed E-state index contributed by atoms with van der Waals surface area (Å²) in [6, 6.07) is 12.5. The highest BCUT2D eigenvalue weighted by molar-refractivity contribution is 5.98. The number of hydrogen-bond acceptors (Lipinski definition) is 9. The average molecular weight is 562 g/mol. The van der Waals surface area contributed by atoms with Crippen molar-refractivity contribution in [2.45, 2.75) is 26.3 Å². The van der Waals surface area contributed by atoms with Crippen LogP contribution in [-0.2, 0) is 0 Å². The first-order chi connectivity index (χ1) is 19.8. The Morgan fingerprint density at radius 3 is 1.51 bits per heavy atom. The molecule has 216 valence electrons. The lowest BCUT2D eigenvalue weighted by Gasteiger charge is -2.18. The van der Waals surface area contributed by atoms with E-state index in [1.54, 1.807) is 73.0 Å². The summed E-state index contributed by atoms with van der Waals surface area (Å²) >= 11 is 0. The van der Waals surface area contributed by atoms with E-state index in [1.165, 1.54) is 0 Å². The molecule has 4 aromatic rings. The number of amides is 1. The molecule has 10 heteroatoms. The summed E-state index contributed by atoms with van der Waals surface area (Å²) in [4.78, 5) is 22.9. The fourth-order valence-corrected chi connectivity index (χ4v) is 4.44. The first-order valence-electron chi connectivity index (χ1n) is 13.1. The maximum absolute atomic E-state index is 12.9. The Bertz CT molecular complexity index is 1520. The van der Waals surface area contributed by atoms with Gasteiger partial charge in [-0.05, 0) is 55.8 Å². The average Bonchev–Trinajstić information content (AvgIpc) is 3.01. The molecule has 3 aromatic carbocycles. The molecular formula is C31H35N3O7. The quantitative estimate of drug-likeness (QED) is 0.252. The highest BCUT2D eigenvalue weighted by Crippen LogP contribution is 2.45. The summed E-state index contributed by atoms with van der Waals surface area (Å²) in [7, 11) is 9.30. The lowest BCUT2D eigenvalue weighted by molar-refractivity contribution is 0.0939. The third-order valence-electron chi connectivity index (χ3n) is 6.79. The Morgan fingerprint density at radius 1 is 0.683 bits per heavy atom. The molecular weight excluding hydrogens is 526 g/mol. The number of fused-ring (bicyclic) bond motifs is 1. The second kappa shape index (κ2) is 12.6. The van der Waals surface area contributed by atoms with Gasteiger partial charge in [0.25, 0.3) is 5.91 Å². The van der Waals surface area contributed by atoms with E-state index in [4.69, 9.17) is 38.4 Å². The monoisotopic (exact) mass is 561 g/mol. The molecule has 0 saturated carbocycles. The van der Waals surface area contributed by atoms with Crippen molar-refractivity contribution < 1.29 is 33.2 Å². The molecule has 4 rings (SSSR count). The number of rotatable bonds is 11. The Morgan fingerprint density at radius 2 is 1.12 bits per heavy atom. The van der Waals surface area contributed by atoms with Gasteiger partial charge in [-0.25, -0.2) is 9.97 Å². The Kier molecular flexibility index (Phi) is 9.01. The summed E-state index contributed by atoms with van der Waals surface area (Å²) in [5.41, 5.74) is 4.03. The van der Waals surface area contributed by atoms with Gasteiger partial charge in [-0.1, -0.05) is 6.92 Å². The minimum Gasteiger partial charge on any atom is -0.493 e. The summed E-state index contributed by atoms with van der Waals surface area (Å²) in [5, 5.41) is 3.00. The lowest BCUT2D eigenvalue weighted by atomic mass is 10.0. The molecule has 1 N–H and O–H groups in total. The van der Waals surface area contributed by atoms with Crippen molar-refractivity contribution in [2.75, 3.05) is 42.7 Å². The number of methoxy groups -OCH3 is 6. The van der Waals surface area contributed by atoms with Gasteiger partial charge in [0.05, 0.1) is 65.1 Å². The molecule has 0 bridgehead atoms. The Hall–Kier alpha value is -4.73. The van der Waals surface area contributed by atoms with Crippen molar-refractivity contribution >= 4 is 16.9 Å². The summed E-state index contributed by atoms with van der Waals surface area (Å²) < 4.78 is 33.5. The normalized spacial score (nSPS) is 11.5. The van der Waals surface area contributed by atoms with Crippen molar-refractivity contribution in [1.82, 2.24) is 15.3 Å². The molecule has 0 radical (unpaired) electrons. The van der Waals surface area contributed by atoms with Crippen LogP contribution in [-0.4, -0.2) is 64.6 Å². The van der Waals surface area contributed by atoms with Crippen LogP contribution in [0.4, 0.5) is 0 Å². The van der Waals surface area contributed by atoms with Gasteiger partial charge >= 0.3 is 0 Å².